The van der Waals surface area contributed by atoms with Gasteiger partial charge in [-0.2, -0.15) is 0 Å². The van der Waals surface area contributed by atoms with E-state index in [1.807, 2.05) is 36.4 Å². The summed E-state index contributed by atoms with van der Waals surface area (Å²) in [5.74, 6) is 0. The first-order valence-electron chi connectivity index (χ1n) is 3.20. The van der Waals surface area contributed by atoms with Crippen LogP contribution in [0.5, 0.6) is 0 Å². The van der Waals surface area contributed by atoms with Crippen LogP contribution in [0.4, 0.5) is 4.79 Å². The molecular formula is C6H12INO2. The quantitative estimate of drug-likeness (QED) is 0.619. The van der Waals surface area contributed by atoms with Crippen molar-refractivity contribution >= 4 is 28.7 Å². The van der Waals surface area contributed by atoms with E-state index in [-0.39, 0.29) is 12.1 Å². The molecule has 1 amide bonds. The van der Waals surface area contributed by atoms with E-state index in [1.54, 1.807) is 0 Å². The summed E-state index contributed by atoms with van der Waals surface area (Å²) in [6.07, 6.45) is 0.597. The normalized spacial score (nSPS) is 12.3. The first-order valence-corrected chi connectivity index (χ1v) is 4.72. The predicted octanol–water partition coefficient (Wildman–Crippen LogP) is 1.90. The number of hydrogen-bond donors (Lipinski definition) is 1. The lowest BCUT2D eigenvalue weighted by Gasteiger charge is -2.09. The molecule has 0 heterocycles. The van der Waals surface area contributed by atoms with Crippen molar-refractivity contribution in [3.05, 3.63) is 0 Å². The second kappa shape index (κ2) is 5.76. The van der Waals surface area contributed by atoms with Gasteiger partial charge in [0.1, 0.15) is 4.61 Å². The van der Waals surface area contributed by atoms with Gasteiger partial charge in [0, 0.05) is 6.04 Å². The first-order chi connectivity index (χ1) is 4.70. The molecular weight excluding hydrogens is 245 g/mol. The van der Waals surface area contributed by atoms with Crippen molar-refractivity contribution in [3.63, 3.8) is 0 Å². The molecule has 0 aromatic carbocycles. The van der Waals surface area contributed by atoms with Crippen molar-refractivity contribution in [1.29, 1.82) is 0 Å². The van der Waals surface area contributed by atoms with Crippen LogP contribution in [0.3, 0.4) is 0 Å². The predicted molar refractivity (Wildman–Crippen MR) is 48.3 cm³/mol. The van der Waals surface area contributed by atoms with Crippen molar-refractivity contribution in [2.45, 2.75) is 26.3 Å². The summed E-state index contributed by atoms with van der Waals surface area (Å²) in [6.45, 7) is 3.95. The number of ether oxygens (including phenoxy) is 1. The zero-order chi connectivity index (χ0) is 7.98. The molecule has 0 radical (unpaired) electrons. The Morgan fingerprint density at radius 1 is 1.80 bits per heavy atom. The number of hydrogen-bond acceptors (Lipinski definition) is 2. The zero-order valence-electron chi connectivity index (χ0n) is 6.19. The molecule has 0 saturated carbocycles. The molecule has 0 aromatic heterocycles. The fourth-order valence-corrected chi connectivity index (χ4v) is 0.677. The van der Waals surface area contributed by atoms with Crippen LogP contribution < -0.4 is 5.32 Å². The third-order valence-corrected chi connectivity index (χ3v) is 1.47. The van der Waals surface area contributed by atoms with Gasteiger partial charge in [-0.1, -0.05) is 6.92 Å². The summed E-state index contributed by atoms with van der Waals surface area (Å²) in [5, 5.41) is 2.66. The summed E-state index contributed by atoms with van der Waals surface area (Å²) < 4.78 is 5.05. The molecule has 3 nitrogen and oxygen atoms in total. The maximum absolute atomic E-state index is 10.7. The average molecular weight is 257 g/mol. The largest absolute Gasteiger partial charge is 0.439 e. The first kappa shape index (κ1) is 10.0. The third-order valence-electron chi connectivity index (χ3n) is 1.16. The summed E-state index contributed by atoms with van der Waals surface area (Å²) in [6, 6.07) is 0.204. The maximum Gasteiger partial charge on any atom is 0.408 e. The highest BCUT2D eigenvalue weighted by atomic mass is 127. The van der Waals surface area contributed by atoms with Crippen LogP contribution >= 0.6 is 22.6 Å². The Morgan fingerprint density at radius 2 is 2.40 bits per heavy atom. The molecule has 0 saturated heterocycles. The van der Waals surface area contributed by atoms with Crippen molar-refractivity contribution in [2.75, 3.05) is 4.61 Å². The number of carbonyl (C=O) groups is 1. The van der Waals surface area contributed by atoms with Gasteiger partial charge >= 0.3 is 6.09 Å². The van der Waals surface area contributed by atoms with E-state index in [1.165, 1.54) is 0 Å². The number of rotatable bonds is 3. The van der Waals surface area contributed by atoms with Crippen LogP contribution in [-0.4, -0.2) is 16.7 Å². The summed E-state index contributed by atoms with van der Waals surface area (Å²) >= 11 is 1.98. The van der Waals surface area contributed by atoms with Crippen LogP contribution in [0.25, 0.3) is 0 Å². The van der Waals surface area contributed by atoms with Crippen LogP contribution in [-0.2, 0) is 4.74 Å². The van der Waals surface area contributed by atoms with E-state index < -0.39 is 0 Å². The highest BCUT2D eigenvalue weighted by Crippen LogP contribution is 1.90. The van der Waals surface area contributed by atoms with Crippen LogP contribution in [0.1, 0.15) is 20.3 Å². The number of amides is 1. The summed E-state index contributed by atoms with van der Waals surface area (Å²) in [5.41, 5.74) is 0. The fourth-order valence-electron chi connectivity index (χ4n) is 0.394. The Balaban J connectivity index is 3.37. The average Bonchev–Trinajstić information content (AvgIpc) is 1.88. The van der Waals surface area contributed by atoms with E-state index in [4.69, 9.17) is 0 Å². The third kappa shape index (κ3) is 4.84. The van der Waals surface area contributed by atoms with Gasteiger partial charge < -0.3 is 10.1 Å². The Morgan fingerprint density at radius 3 is 2.80 bits per heavy atom. The van der Waals surface area contributed by atoms with Gasteiger partial charge in [-0.15, -0.1) is 0 Å². The standard InChI is InChI=1S/C6H12INO2/c1-3-5(2)8-6(9)10-4-7/h5H,3-4H2,1-2H3,(H,8,9)/t5-/m0/s1. The molecule has 0 aliphatic heterocycles. The summed E-state index contributed by atoms with van der Waals surface area (Å²) in [4.78, 5) is 10.7. The number of alkyl carbamates (subject to hydrolysis) is 1. The molecule has 0 fully saturated rings. The van der Waals surface area contributed by atoms with E-state index in [0.717, 1.165) is 6.42 Å². The molecule has 0 spiro atoms. The highest BCUT2D eigenvalue weighted by Gasteiger charge is 2.03. The lowest BCUT2D eigenvalue weighted by atomic mass is 10.3. The summed E-state index contributed by atoms with van der Waals surface area (Å²) in [7, 11) is 0. The van der Waals surface area contributed by atoms with Crippen LogP contribution in [0.15, 0.2) is 0 Å². The molecule has 10 heavy (non-hydrogen) atoms. The lowest BCUT2D eigenvalue weighted by molar-refractivity contribution is 0.164. The minimum Gasteiger partial charge on any atom is -0.439 e. The van der Waals surface area contributed by atoms with Crippen molar-refractivity contribution < 1.29 is 9.53 Å². The SMILES string of the molecule is CC[C@H](C)NC(=O)OCI. The highest BCUT2D eigenvalue weighted by molar-refractivity contribution is 14.1. The van der Waals surface area contributed by atoms with E-state index in [0.29, 0.717) is 4.61 Å². The molecule has 0 aliphatic carbocycles. The van der Waals surface area contributed by atoms with Crippen LogP contribution in [0, 0.1) is 0 Å². The Bertz CT molecular complexity index is 108. The topological polar surface area (TPSA) is 38.3 Å². The number of carbonyl (C=O) groups excluding carboxylic acids is 1. The molecule has 1 N–H and O–H groups in total. The smallest absolute Gasteiger partial charge is 0.408 e. The van der Waals surface area contributed by atoms with E-state index >= 15 is 0 Å². The molecule has 0 unspecified atom stereocenters. The Labute approximate surface area is 74.7 Å². The van der Waals surface area contributed by atoms with Crippen molar-refractivity contribution in [3.8, 4) is 0 Å². The number of alkyl halides is 1. The Kier molecular flexibility index (Phi) is 5.76. The van der Waals surface area contributed by atoms with Gasteiger partial charge in [-0.25, -0.2) is 4.79 Å². The van der Waals surface area contributed by atoms with E-state index in [9.17, 15) is 4.79 Å². The second-order valence-electron chi connectivity index (χ2n) is 1.99. The number of nitrogens with one attached hydrogen (secondary N) is 1. The van der Waals surface area contributed by atoms with Gasteiger partial charge in [-0.05, 0) is 35.9 Å². The van der Waals surface area contributed by atoms with Gasteiger partial charge in [0.25, 0.3) is 0 Å². The molecule has 4 heteroatoms. The lowest BCUT2D eigenvalue weighted by Crippen LogP contribution is -2.32. The molecule has 0 rings (SSSR count). The van der Waals surface area contributed by atoms with Crippen molar-refractivity contribution in [2.24, 2.45) is 0 Å². The number of halogens is 1. The minimum atomic E-state index is -0.330. The molecule has 0 aromatic rings. The van der Waals surface area contributed by atoms with Crippen LogP contribution in [0.2, 0.25) is 0 Å². The van der Waals surface area contributed by atoms with E-state index in [2.05, 4.69) is 10.1 Å². The van der Waals surface area contributed by atoms with Gasteiger partial charge in [0.2, 0.25) is 0 Å². The second-order valence-corrected chi connectivity index (χ2v) is 2.62. The van der Waals surface area contributed by atoms with Gasteiger partial charge in [0.15, 0.2) is 0 Å². The zero-order valence-corrected chi connectivity index (χ0v) is 8.34. The van der Waals surface area contributed by atoms with Crippen molar-refractivity contribution in [1.82, 2.24) is 5.32 Å². The molecule has 60 valence electrons. The molecule has 1 atom stereocenters. The molecule has 0 aliphatic rings. The minimum absolute atomic E-state index is 0.204. The molecule has 0 bridgehead atoms. The van der Waals surface area contributed by atoms with Gasteiger partial charge in [-0.3, -0.25) is 0 Å². The van der Waals surface area contributed by atoms with Gasteiger partial charge in [0.05, 0.1) is 0 Å². The fraction of sp³-hybridized carbons (Fsp3) is 0.833. The Hall–Kier alpha value is 0. The maximum atomic E-state index is 10.7. The monoisotopic (exact) mass is 257 g/mol.